The lowest BCUT2D eigenvalue weighted by Crippen LogP contribution is -2.29. The van der Waals surface area contributed by atoms with Gasteiger partial charge in [0.1, 0.15) is 5.82 Å². The molecule has 0 unspecified atom stereocenters. The Morgan fingerprint density at radius 1 is 1.23 bits per heavy atom. The van der Waals surface area contributed by atoms with Crippen molar-refractivity contribution in [1.29, 1.82) is 0 Å². The van der Waals surface area contributed by atoms with Crippen molar-refractivity contribution in [3.05, 3.63) is 69.2 Å². The van der Waals surface area contributed by atoms with E-state index in [0.29, 0.717) is 40.1 Å². The molecule has 0 aliphatic carbocycles. The number of rotatable bonds is 8. The first-order valence-corrected chi connectivity index (χ1v) is 11.4. The number of hydrogen-bond donors (Lipinski definition) is 0. The number of fused-ring (bicyclic) bond motifs is 1. The Bertz CT molecular complexity index is 1130. The summed E-state index contributed by atoms with van der Waals surface area (Å²) in [4.78, 5) is 31.9. The van der Waals surface area contributed by atoms with Gasteiger partial charge < -0.3 is 4.90 Å². The second-order valence-electron chi connectivity index (χ2n) is 7.86. The van der Waals surface area contributed by atoms with Crippen molar-refractivity contribution >= 4 is 40.2 Å². The van der Waals surface area contributed by atoms with Gasteiger partial charge in [0.25, 0.3) is 5.56 Å². The Morgan fingerprint density at radius 2 is 1.94 bits per heavy atom. The highest BCUT2D eigenvalue weighted by atomic mass is 35.5. The molecule has 2 aromatic carbocycles. The zero-order valence-corrected chi connectivity index (χ0v) is 19.3. The summed E-state index contributed by atoms with van der Waals surface area (Å²) in [6.07, 6.45) is 0.826. The molecule has 8 heteroatoms. The van der Waals surface area contributed by atoms with Crippen LogP contribution in [0.3, 0.4) is 0 Å². The second-order valence-corrected chi connectivity index (χ2v) is 9.24. The van der Waals surface area contributed by atoms with Crippen molar-refractivity contribution in [2.75, 3.05) is 12.8 Å². The minimum Gasteiger partial charge on any atom is -0.341 e. The zero-order valence-electron chi connectivity index (χ0n) is 17.8. The highest BCUT2D eigenvalue weighted by Gasteiger charge is 2.16. The third kappa shape index (κ3) is 6.08. The van der Waals surface area contributed by atoms with E-state index in [1.54, 1.807) is 46.8 Å². The van der Waals surface area contributed by atoms with Crippen LogP contribution < -0.4 is 5.56 Å². The van der Waals surface area contributed by atoms with Gasteiger partial charge in [0.15, 0.2) is 5.16 Å². The molecular formula is C23H25ClFN3O2S. The summed E-state index contributed by atoms with van der Waals surface area (Å²) in [5.74, 6) is 0.146. The lowest BCUT2D eigenvalue weighted by atomic mass is 10.1. The van der Waals surface area contributed by atoms with Crippen molar-refractivity contribution in [2.45, 2.75) is 38.5 Å². The van der Waals surface area contributed by atoms with Gasteiger partial charge in [0, 0.05) is 25.2 Å². The number of carbonyl (C=O) groups is 1. The van der Waals surface area contributed by atoms with Gasteiger partial charge in [-0.2, -0.15) is 0 Å². The summed E-state index contributed by atoms with van der Waals surface area (Å²) < 4.78 is 14.7. The highest BCUT2D eigenvalue weighted by molar-refractivity contribution is 7.99. The molecule has 31 heavy (non-hydrogen) atoms. The lowest BCUT2D eigenvalue weighted by molar-refractivity contribution is -0.127. The molecule has 0 atom stereocenters. The lowest BCUT2D eigenvalue weighted by Gasteiger charge is -2.18. The van der Waals surface area contributed by atoms with E-state index >= 15 is 0 Å². The summed E-state index contributed by atoms with van der Waals surface area (Å²) in [6, 6.07) is 11.1. The van der Waals surface area contributed by atoms with Crippen molar-refractivity contribution in [2.24, 2.45) is 5.92 Å². The molecule has 1 aromatic heterocycles. The third-order valence-electron chi connectivity index (χ3n) is 4.90. The summed E-state index contributed by atoms with van der Waals surface area (Å²) in [7, 11) is 1.70. The number of halogens is 2. The first-order chi connectivity index (χ1) is 14.7. The molecule has 3 aromatic rings. The molecule has 5 nitrogen and oxygen atoms in total. The fourth-order valence-electron chi connectivity index (χ4n) is 3.06. The van der Waals surface area contributed by atoms with Crippen LogP contribution in [0.15, 0.2) is 52.4 Å². The van der Waals surface area contributed by atoms with Crippen molar-refractivity contribution in [3.8, 4) is 0 Å². The van der Waals surface area contributed by atoms with Crippen LogP contribution in [0, 0.1) is 11.7 Å². The topological polar surface area (TPSA) is 55.2 Å². The fraction of sp³-hybridized carbons (Fsp3) is 0.348. The maximum absolute atomic E-state index is 13.1. The van der Waals surface area contributed by atoms with Crippen LogP contribution in [0.1, 0.15) is 25.8 Å². The van der Waals surface area contributed by atoms with E-state index < -0.39 is 0 Å². The van der Waals surface area contributed by atoms with Crippen LogP contribution in [0.5, 0.6) is 0 Å². The van der Waals surface area contributed by atoms with E-state index in [-0.39, 0.29) is 23.0 Å². The molecule has 0 bridgehead atoms. The molecule has 0 aliphatic rings. The predicted molar refractivity (Wildman–Crippen MR) is 124 cm³/mol. The average molecular weight is 462 g/mol. The molecular weight excluding hydrogens is 437 g/mol. The number of hydrogen-bond acceptors (Lipinski definition) is 4. The Balaban J connectivity index is 1.79. The monoisotopic (exact) mass is 461 g/mol. The van der Waals surface area contributed by atoms with Gasteiger partial charge in [-0.3, -0.25) is 14.2 Å². The molecule has 1 amide bonds. The van der Waals surface area contributed by atoms with E-state index in [9.17, 15) is 14.0 Å². The number of nitrogens with zero attached hydrogens (tertiary/aromatic N) is 3. The van der Waals surface area contributed by atoms with Gasteiger partial charge in [0.2, 0.25) is 5.91 Å². The van der Waals surface area contributed by atoms with Gasteiger partial charge in [0.05, 0.1) is 16.7 Å². The molecule has 3 rings (SSSR count). The van der Waals surface area contributed by atoms with E-state index in [0.717, 1.165) is 12.0 Å². The minimum absolute atomic E-state index is 0.106. The Kier molecular flexibility index (Phi) is 7.73. The summed E-state index contributed by atoms with van der Waals surface area (Å²) in [5, 5.41) is 1.52. The second kappa shape index (κ2) is 10.3. The molecule has 0 N–H and O–H groups in total. The van der Waals surface area contributed by atoms with E-state index in [2.05, 4.69) is 18.8 Å². The zero-order chi connectivity index (χ0) is 22.5. The Labute approximate surface area is 190 Å². The van der Waals surface area contributed by atoms with Gasteiger partial charge in [-0.05, 0) is 48.2 Å². The Morgan fingerprint density at radius 3 is 2.61 bits per heavy atom. The largest absolute Gasteiger partial charge is 0.341 e. The first kappa shape index (κ1) is 23.3. The quantitative estimate of drug-likeness (QED) is 0.350. The molecule has 0 aliphatic heterocycles. The maximum atomic E-state index is 13.1. The van der Waals surface area contributed by atoms with Crippen LogP contribution in [0.2, 0.25) is 5.02 Å². The van der Waals surface area contributed by atoms with E-state index in [1.807, 2.05) is 0 Å². The normalized spacial score (nSPS) is 11.3. The van der Waals surface area contributed by atoms with Crippen LogP contribution in [0.4, 0.5) is 4.39 Å². The van der Waals surface area contributed by atoms with Gasteiger partial charge >= 0.3 is 0 Å². The summed E-state index contributed by atoms with van der Waals surface area (Å²) >= 11 is 7.32. The number of amides is 1. The van der Waals surface area contributed by atoms with E-state index in [4.69, 9.17) is 11.6 Å². The smallest absolute Gasteiger partial charge is 0.262 e. The van der Waals surface area contributed by atoms with Crippen LogP contribution in [-0.2, 0) is 17.9 Å². The van der Waals surface area contributed by atoms with Crippen molar-refractivity contribution in [3.63, 3.8) is 0 Å². The SMILES string of the molecule is CC(C)CCn1c(SCC(=O)N(C)Cc2ccc(F)cc2)nc2cc(Cl)ccc2c1=O. The molecule has 0 saturated heterocycles. The fourth-order valence-corrected chi connectivity index (χ4v) is 4.19. The molecule has 164 valence electrons. The Hall–Kier alpha value is -2.38. The van der Waals surface area contributed by atoms with E-state index in [1.165, 1.54) is 23.9 Å². The molecule has 1 heterocycles. The van der Waals surface area contributed by atoms with Crippen LogP contribution in [0.25, 0.3) is 10.9 Å². The molecule has 0 spiro atoms. The van der Waals surface area contributed by atoms with Gasteiger partial charge in [-0.15, -0.1) is 0 Å². The summed E-state index contributed by atoms with van der Waals surface area (Å²) in [6.45, 7) is 5.10. The standard InChI is InChI=1S/C23H25ClFN3O2S/c1-15(2)10-11-28-22(30)19-9-6-17(24)12-20(19)26-23(28)31-14-21(29)27(3)13-16-4-7-18(25)8-5-16/h4-9,12,15H,10-11,13-14H2,1-3H3. The third-order valence-corrected chi connectivity index (χ3v) is 6.09. The number of carbonyl (C=O) groups excluding carboxylic acids is 1. The minimum atomic E-state index is -0.310. The molecule has 0 fully saturated rings. The van der Waals surface area contributed by atoms with Crippen molar-refractivity contribution < 1.29 is 9.18 Å². The number of benzene rings is 2. The molecule has 0 radical (unpaired) electrons. The highest BCUT2D eigenvalue weighted by Crippen LogP contribution is 2.22. The van der Waals surface area contributed by atoms with Gasteiger partial charge in [-0.25, -0.2) is 9.37 Å². The van der Waals surface area contributed by atoms with Crippen LogP contribution in [-0.4, -0.2) is 33.2 Å². The summed E-state index contributed by atoms with van der Waals surface area (Å²) in [5.41, 5.74) is 1.24. The van der Waals surface area contributed by atoms with Crippen LogP contribution >= 0.6 is 23.4 Å². The number of thioether (sulfide) groups is 1. The maximum Gasteiger partial charge on any atom is 0.262 e. The van der Waals surface area contributed by atoms with Gasteiger partial charge in [-0.1, -0.05) is 49.3 Å². The first-order valence-electron chi connectivity index (χ1n) is 10.1. The average Bonchev–Trinajstić information content (AvgIpc) is 2.72. The number of aromatic nitrogens is 2. The predicted octanol–water partition coefficient (Wildman–Crippen LogP) is 4.99. The molecule has 0 saturated carbocycles. The van der Waals surface area contributed by atoms with Crippen molar-refractivity contribution in [1.82, 2.24) is 14.5 Å².